The highest BCUT2D eigenvalue weighted by Gasteiger charge is 2.32. The second-order valence-corrected chi connectivity index (χ2v) is 8.62. The van der Waals surface area contributed by atoms with Crippen LogP contribution in [0.2, 0.25) is 5.02 Å². The number of benzene rings is 2. The molecule has 0 radical (unpaired) electrons. The number of anilines is 1. The first kappa shape index (κ1) is 21.4. The predicted octanol–water partition coefficient (Wildman–Crippen LogP) is 4.02. The molecule has 0 bridgehead atoms. The summed E-state index contributed by atoms with van der Waals surface area (Å²) in [5.74, 6) is -0.461. The maximum Gasteiger partial charge on any atom is 0.294 e. The first-order valence-electron chi connectivity index (χ1n) is 10.8. The van der Waals surface area contributed by atoms with E-state index in [2.05, 4.69) is 5.10 Å². The standard InChI is InChI=1S/C23H21ClFN5O3/c24-15-4-9-20(21(14-15)30(32)33)27-10-12-28(13-11-27)23(31)22-18-2-1-3-19(18)29(26-22)17-7-5-16(25)6-8-17/h4-9,14H,1-3,10-13H2. The number of carbonyl (C=O) groups is 1. The molecule has 2 heterocycles. The van der Waals surface area contributed by atoms with Crippen molar-refractivity contribution >= 4 is 28.9 Å². The summed E-state index contributed by atoms with van der Waals surface area (Å²) in [6.07, 6.45) is 2.55. The maximum absolute atomic E-state index is 13.4. The van der Waals surface area contributed by atoms with Crippen LogP contribution in [0.15, 0.2) is 42.5 Å². The van der Waals surface area contributed by atoms with E-state index in [1.807, 2.05) is 4.90 Å². The van der Waals surface area contributed by atoms with Gasteiger partial charge in [-0.2, -0.15) is 5.10 Å². The summed E-state index contributed by atoms with van der Waals surface area (Å²) in [4.78, 5) is 28.0. The van der Waals surface area contributed by atoms with Gasteiger partial charge in [-0.3, -0.25) is 14.9 Å². The van der Waals surface area contributed by atoms with Gasteiger partial charge >= 0.3 is 0 Å². The lowest BCUT2D eigenvalue weighted by atomic mass is 10.1. The number of rotatable bonds is 4. The molecular formula is C23H21ClFN5O3. The number of amides is 1. The molecule has 0 unspecified atom stereocenters. The molecule has 1 aliphatic heterocycles. The number of piperazine rings is 1. The number of hydrogen-bond acceptors (Lipinski definition) is 5. The summed E-state index contributed by atoms with van der Waals surface area (Å²) in [7, 11) is 0. The molecule has 2 aliphatic rings. The molecule has 1 aliphatic carbocycles. The molecule has 1 saturated heterocycles. The van der Waals surface area contributed by atoms with Crippen molar-refractivity contribution < 1.29 is 14.1 Å². The first-order valence-corrected chi connectivity index (χ1v) is 11.1. The van der Waals surface area contributed by atoms with Crippen LogP contribution in [0.5, 0.6) is 0 Å². The average molecular weight is 470 g/mol. The lowest BCUT2D eigenvalue weighted by molar-refractivity contribution is -0.384. The predicted molar refractivity (Wildman–Crippen MR) is 122 cm³/mol. The molecule has 170 valence electrons. The van der Waals surface area contributed by atoms with Gasteiger partial charge in [-0.25, -0.2) is 9.07 Å². The smallest absolute Gasteiger partial charge is 0.294 e. The lowest BCUT2D eigenvalue weighted by Gasteiger charge is -2.35. The van der Waals surface area contributed by atoms with Crippen LogP contribution < -0.4 is 4.90 Å². The SMILES string of the molecule is O=C(c1nn(-c2ccc(F)cc2)c2c1CCC2)N1CCN(c2ccc(Cl)cc2[N+](=O)[O-])CC1. The minimum absolute atomic E-state index is 0.0434. The zero-order valence-electron chi connectivity index (χ0n) is 17.7. The van der Waals surface area contributed by atoms with E-state index in [9.17, 15) is 19.3 Å². The van der Waals surface area contributed by atoms with E-state index >= 15 is 0 Å². The molecule has 1 fully saturated rings. The van der Waals surface area contributed by atoms with Gasteiger partial charge < -0.3 is 9.80 Å². The molecule has 10 heteroatoms. The Labute approximate surface area is 194 Å². The van der Waals surface area contributed by atoms with Crippen LogP contribution in [0.1, 0.15) is 28.2 Å². The van der Waals surface area contributed by atoms with Crippen LogP contribution in [0.25, 0.3) is 5.69 Å². The molecule has 33 heavy (non-hydrogen) atoms. The fraction of sp³-hybridized carbons (Fsp3) is 0.304. The molecule has 0 saturated carbocycles. The lowest BCUT2D eigenvalue weighted by Crippen LogP contribution is -2.49. The average Bonchev–Trinajstić information content (AvgIpc) is 3.42. The van der Waals surface area contributed by atoms with Gasteiger partial charge in [-0.15, -0.1) is 0 Å². The number of nitro benzene ring substituents is 1. The fourth-order valence-electron chi connectivity index (χ4n) is 4.62. The van der Waals surface area contributed by atoms with Crippen molar-refractivity contribution in [2.24, 2.45) is 0 Å². The van der Waals surface area contributed by atoms with Crippen molar-refractivity contribution in [1.82, 2.24) is 14.7 Å². The number of carbonyl (C=O) groups excluding carboxylic acids is 1. The normalized spacial score (nSPS) is 15.6. The third kappa shape index (κ3) is 3.93. The monoisotopic (exact) mass is 469 g/mol. The van der Waals surface area contributed by atoms with Gasteiger partial charge in [-0.05, 0) is 55.7 Å². The van der Waals surface area contributed by atoms with Gasteiger partial charge in [-0.1, -0.05) is 11.6 Å². The second kappa shape index (κ2) is 8.47. The van der Waals surface area contributed by atoms with E-state index in [0.29, 0.717) is 42.6 Å². The van der Waals surface area contributed by atoms with Crippen LogP contribution >= 0.6 is 11.6 Å². The molecule has 1 amide bonds. The van der Waals surface area contributed by atoms with Crippen LogP contribution in [0, 0.1) is 15.9 Å². The minimum atomic E-state index is -0.440. The van der Waals surface area contributed by atoms with Crippen LogP contribution in [-0.2, 0) is 12.8 Å². The van der Waals surface area contributed by atoms with E-state index in [0.717, 1.165) is 36.2 Å². The highest BCUT2D eigenvalue weighted by Crippen LogP contribution is 2.32. The molecule has 5 rings (SSSR count). The third-order valence-corrected chi connectivity index (χ3v) is 6.48. The molecule has 0 spiro atoms. The van der Waals surface area contributed by atoms with Crippen molar-refractivity contribution in [3.8, 4) is 5.69 Å². The largest absolute Gasteiger partial charge is 0.362 e. The molecule has 0 N–H and O–H groups in total. The van der Waals surface area contributed by atoms with Gasteiger partial charge in [0.2, 0.25) is 0 Å². The van der Waals surface area contributed by atoms with Crippen molar-refractivity contribution in [2.45, 2.75) is 19.3 Å². The molecule has 2 aromatic carbocycles. The van der Waals surface area contributed by atoms with E-state index in [4.69, 9.17) is 11.6 Å². The van der Waals surface area contributed by atoms with Crippen LogP contribution in [-0.4, -0.2) is 51.7 Å². The summed E-state index contributed by atoms with van der Waals surface area (Å²) in [6.45, 7) is 1.79. The minimum Gasteiger partial charge on any atom is -0.362 e. The van der Waals surface area contributed by atoms with Gasteiger partial charge in [0.25, 0.3) is 11.6 Å². The maximum atomic E-state index is 13.4. The number of fused-ring (bicyclic) bond motifs is 1. The van der Waals surface area contributed by atoms with E-state index in [1.165, 1.54) is 18.2 Å². The number of nitrogens with zero attached hydrogens (tertiary/aromatic N) is 5. The Morgan fingerprint density at radius 1 is 1.06 bits per heavy atom. The summed E-state index contributed by atoms with van der Waals surface area (Å²) >= 11 is 5.93. The first-order chi connectivity index (χ1) is 15.9. The zero-order chi connectivity index (χ0) is 23.1. The van der Waals surface area contributed by atoms with Gasteiger partial charge in [0.05, 0.1) is 10.6 Å². The van der Waals surface area contributed by atoms with Gasteiger partial charge in [0.15, 0.2) is 5.69 Å². The Bertz CT molecular complexity index is 1240. The van der Waals surface area contributed by atoms with Crippen LogP contribution in [0.3, 0.4) is 0 Å². The molecule has 3 aromatic rings. The third-order valence-electron chi connectivity index (χ3n) is 6.25. The number of halogens is 2. The van der Waals surface area contributed by atoms with Gasteiger partial charge in [0.1, 0.15) is 11.5 Å². The quantitative estimate of drug-likeness (QED) is 0.425. The Morgan fingerprint density at radius 3 is 2.48 bits per heavy atom. The van der Waals surface area contributed by atoms with Crippen molar-refractivity contribution in [1.29, 1.82) is 0 Å². The summed E-state index contributed by atoms with van der Waals surface area (Å²) in [5, 5.41) is 16.4. The summed E-state index contributed by atoms with van der Waals surface area (Å²) in [5.41, 5.74) is 3.59. The van der Waals surface area contributed by atoms with Crippen molar-refractivity contribution in [2.75, 3.05) is 31.1 Å². The Kier molecular flexibility index (Phi) is 5.49. The van der Waals surface area contributed by atoms with E-state index in [-0.39, 0.29) is 17.4 Å². The molecule has 8 nitrogen and oxygen atoms in total. The topological polar surface area (TPSA) is 84.5 Å². The van der Waals surface area contributed by atoms with Crippen LogP contribution in [0.4, 0.5) is 15.8 Å². The molecule has 1 aromatic heterocycles. The van der Waals surface area contributed by atoms with Crippen molar-refractivity contribution in [3.63, 3.8) is 0 Å². The number of nitro groups is 1. The number of aromatic nitrogens is 2. The fourth-order valence-corrected chi connectivity index (χ4v) is 4.78. The second-order valence-electron chi connectivity index (χ2n) is 8.19. The van der Waals surface area contributed by atoms with E-state index in [1.54, 1.807) is 33.8 Å². The highest BCUT2D eigenvalue weighted by molar-refractivity contribution is 6.30. The highest BCUT2D eigenvalue weighted by atomic mass is 35.5. The summed E-state index contributed by atoms with van der Waals surface area (Å²) in [6, 6.07) is 10.7. The van der Waals surface area contributed by atoms with Gasteiger partial charge in [0, 0.05) is 48.5 Å². The Hall–Kier alpha value is -3.46. The number of hydrogen-bond donors (Lipinski definition) is 0. The Morgan fingerprint density at radius 2 is 1.79 bits per heavy atom. The zero-order valence-corrected chi connectivity index (χ0v) is 18.5. The Balaban J connectivity index is 1.36. The molecule has 0 atom stereocenters. The van der Waals surface area contributed by atoms with E-state index < -0.39 is 4.92 Å². The van der Waals surface area contributed by atoms with Crippen molar-refractivity contribution in [3.05, 3.63) is 80.4 Å². The molecular weight excluding hydrogens is 449 g/mol. The summed E-state index contributed by atoms with van der Waals surface area (Å²) < 4.78 is 15.1.